The lowest BCUT2D eigenvalue weighted by atomic mass is 9.84. The first-order valence-corrected chi connectivity index (χ1v) is 8.70. The maximum atomic E-state index is 12.1. The summed E-state index contributed by atoms with van der Waals surface area (Å²) in [5.41, 5.74) is 0.626. The summed E-state index contributed by atoms with van der Waals surface area (Å²) in [4.78, 5) is 14.7. The highest BCUT2D eigenvalue weighted by atomic mass is 79.9. The van der Waals surface area contributed by atoms with Gasteiger partial charge >= 0.3 is 5.97 Å². The Kier molecular flexibility index (Phi) is 4.96. The van der Waals surface area contributed by atoms with Crippen LogP contribution in [0.3, 0.4) is 0 Å². The quantitative estimate of drug-likeness (QED) is 0.774. The molecule has 2 saturated heterocycles. The molecule has 3 nitrogen and oxygen atoms in total. The van der Waals surface area contributed by atoms with E-state index in [0.717, 1.165) is 4.47 Å². The van der Waals surface area contributed by atoms with Gasteiger partial charge in [0.2, 0.25) is 0 Å². The summed E-state index contributed by atoms with van der Waals surface area (Å²) in [6, 6.07) is 8.03. The zero-order chi connectivity index (χ0) is 14.7. The molecule has 0 aromatic heterocycles. The summed E-state index contributed by atoms with van der Waals surface area (Å²) in [5.74, 6) is 0.305. The van der Waals surface area contributed by atoms with Crippen LogP contribution < -0.4 is 0 Å². The minimum absolute atomic E-state index is 0.204. The molecule has 21 heavy (non-hydrogen) atoms. The molecule has 2 aliphatic rings. The van der Waals surface area contributed by atoms with Gasteiger partial charge in [0, 0.05) is 16.4 Å². The Hall–Kier alpha value is -0.870. The van der Waals surface area contributed by atoms with E-state index in [4.69, 9.17) is 4.74 Å². The molecule has 1 aromatic rings. The van der Waals surface area contributed by atoms with Crippen molar-refractivity contribution in [2.75, 3.05) is 19.7 Å². The Balaban J connectivity index is 1.57. The van der Waals surface area contributed by atoms with Crippen LogP contribution in [-0.2, 0) is 4.74 Å². The molecule has 2 aliphatic heterocycles. The van der Waals surface area contributed by atoms with Crippen molar-refractivity contribution in [3.63, 3.8) is 0 Å². The highest BCUT2D eigenvalue weighted by Gasteiger charge is 2.33. The van der Waals surface area contributed by atoms with Gasteiger partial charge in [-0.1, -0.05) is 28.4 Å². The smallest absolute Gasteiger partial charge is 0.338 e. The van der Waals surface area contributed by atoms with Gasteiger partial charge in [0.1, 0.15) is 0 Å². The van der Waals surface area contributed by atoms with Crippen molar-refractivity contribution in [2.45, 2.75) is 38.1 Å². The number of hydrogen-bond donors (Lipinski definition) is 0. The molecule has 0 aliphatic carbocycles. The summed E-state index contributed by atoms with van der Waals surface area (Å²) in [6.45, 7) is 3.01. The van der Waals surface area contributed by atoms with E-state index in [0.29, 0.717) is 24.1 Å². The first-order valence-electron chi connectivity index (χ1n) is 7.91. The zero-order valence-corrected chi connectivity index (χ0v) is 13.8. The molecular formula is C17H22BrNO2. The summed E-state index contributed by atoms with van der Waals surface area (Å²) < 4.78 is 6.50. The molecule has 0 N–H and O–H groups in total. The lowest BCUT2D eigenvalue weighted by Crippen LogP contribution is -2.49. The molecular weight excluding hydrogens is 330 g/mol. The predicted molar refractivity (Wildman–Crippen MR) is 86.4 cm³/mol. The number of carbonyl (C=O) groups is 1. The van der Waals surface area contributed by atoms with E-state index in [1.807, 2.05) is 18.2 Å². The Bertz CT molecular complexity index is 503. The second-order valence-corrected chi connectivity index (χ2v) is 7.03. The molecule has 2 unspecified atom stereocenters. The second-order valence-electron chi connectivity index (χ2n) is 6.11. The number of piperidine rings is 2. The topological polar surface area (TPSA) is 29.5 Å². The molecule has 2 atom stereocenters. The molecule has 0 bridgehead atoms. The maximum absolute atomic E-state index is 12.1. The van der Waals surface area contributed by atoms with E-state index in [1.54, 1.807) is 6.07 Å². The van der Waals surface area contributed by atoms with Crippen LogP contribution in [-0.4, -0.2) is 36.6 Å². The summed E-state index contributed by atoms with van der Waals surface area (Å²) in [5, 5.41) is 0. The average Bonchev–Trinajstić information content (AvgIpc) is 2.52. The fourth-order valence-corrected chi connectivity index (χ4v) is 4.05. The number of benzene rings is 1. The van der Waals surface area contributed by atoms with Crippen LogP contribution in [0.5, 0.6) is 0 Å². The van der Waals surface area contributed by atoms with Crippen molar-refractivity contribution in [3.05, 3.63) is 34.3 Å². The van der Waals surface area contributed by atoms with Gasteiger partial charge in [-0.3, -0.25) is 4.90 Å². The van der Waals surface area contributed by atoms with Gasteiger partial charge in [0.05, 0.1) is 12.2 Å². The fraction of sp³-hybridized carbons (Fsp3) is 0.588. The minimum atomic E-state index is -0.204. The van der Waals surface area contributed by atoms with E-state index >= 15 is 0 Å². The van der Waals surface area contributed by atoms with Crippen molar-refractivity contribution < 1.29 is 9.53 Å². The normalized spacial score (nSPS) is 26.1. The predicted octanol–water partition coefficient (Wildman–Crippen LogP) is 3.87. The lowest BCUT2D eigenvalue weighted by Gasteiger charge is -2.44. The van der Waals surface area contributed by atoms with E-state index in [1.165, 1.54) is 45.2 Å². The number of carbonyl (C=O) groups excluding carboxylic acids is 1. The third kappa shape index (κ3) is 3.67. The van der Waals surface area contributed by atoms with Crippen molar-refractivity contribution >= 4 is 21.9 Å². The van der Waals surface area contributed by atoms with Crippen molar-refractivity contribution in [3.8, 4) is 0 Å². The molecule has 2 fully saturated rings. The number of esters is 1. The second kappa shape index (κ2) is 6.93. The third-order valence-electron chi connectivity index (χ3n) is 4.72. The third-order valence-corrected chi connectivity index (χ3v) is 5.21. The van der Waals surface area contributed by atoms with Crippen LogP contribution in [0.1, 0.15) is 42.5 Å². The highest BCUT2D eigenvalue weighted by Crippen LogP contribution is 2.31. The van der Waals surface area contributed by atoms with Gasteiger partial charge in [-0.15, -0.1) is 0 Å². The average molecular weight is 352 g/mol. The number of halogens is 1. The van der Waals surface area contributed by atoms with Crippen LogP contribution in [0.2, 0.25) is 0 Å². The van der Waals surface area contributed by atoms with Gasteiger partial charge in [-0.25, -0.2) is 4.79 Å². The van der Waals surface area contributed by atoms with Crippen LogP contribution in [0.25, 0.3) is 0 Å². The monoisotopic (exact) mass is 351 g/mol. The Morgan fingerprint density at radius 3 is 2.95 bits per heavy atom. The van der Waals surface area contributed by atoms with Crippen molar-refractivity contribution in [1.29, 1.82) is 0 Å². The van der Waals surface area contributed by atoms with E-state index in [9.17, 15) is 4.79 Å². The van der Waals surface area contributed by atoms with Gasteiger partial charge in [0.15, 0.2) is 0 Å². The molecule has 0 spiro atoms. The van der Waals surface area contributed by atoms with Crippen molar-refractivity contribution in [1.82, 2.24) is 4.90 Å². The first kappa shape index (κ1) is 15.0. The van der Waals surface area contributed by atoms with Gasteiger partial charge in [0.25, 0.3) is 0 Å². The van der Waals surface area contributed by atoms with E-state index < -0.39 is 0 Å². The number of hydrogen-bond acceptors (Lipinski definition) is 3. The Labute approximate surface area is 134 Å². The van der Waals surface area contributed by atoms with Crippen LogP contribution in [0, 0.1) is 5.92 Å². The highest BCUT2D eigenvalue weighted by molar-refractivity contribution is 9.10. The number of nitrogens with zero attached hydrogens (tertiary/aromatic N) is 1. The van der Waals surface area contributed by atoms with E-state index in [-0.39, 0.29) is 5.97 Å². The molecule has 0 amide bonds. The summed E-state index contributed by atoms with van der Waals surface area (Å²) >= 11 is 3.39. The minimum Gasteiger partial charge on any atom is -0.462 e. The van der Waals surface area contributed by atoms with Gasteiger partial charge in [-0.2, -0.15) is 0 Å². The van der Waals surface area contributed by atoms with Crippen molar-refractivity contribution in [2.24, 2.45) is 5.92 Å². The molecule has 114 valence electrons. The largest absolute Gasteiger partial charge is 0.462 e. The SMILES string of the molecule is O=C(OCC1CCCN2CCCCC12)c1cccc(Br)c1. The Morgan fingerprint density at radius 2 is 2.10 bits per heavy atom. The Morgan fingerprint density at radius 1 is 1.24 bits per heavy atom. The van der Waals surface area contributed by atoms with Gasteiger partial charge in [-0.05, 0) is 57.0 Å². The number of fused-ring (bicyclic) bond motifs is 1. The molecule has 3 rings (SSSR count). The molecule has 4 heteroatoms. The summed E-state index contributed by atoms with van der Waals surface area (Å²) in [6.07, 6.45) is 6.32. The lowest BCUT2D eigenvalue weighted by molar-refractivity contribution is 0.00738. The van der Waals surface area contributed by atoms with Crippen LogP contribution in [0.4, 0.5) is 0 Å². The molecule has 2 heterocycles. The fourth-order valence-electron chi connectivity index (χ4n) is 3.65. The summed E-state index contributed by atoms with van der Waals surface area (Å²) in [7, 11) is 0. The number of ether oxygens (including phenoxy) is 1. The molecule has 1 aromatic carbocycles. The van der Waals surface area contributed by atoms with Gasteiger partial charge < -0.3 is 4.74 Å². The standard InChI is InChI=1S/C17H22BrNO2/c18-15-7-3-5-13(11-15)17(20)21-12-14-6-4-10-19-9-2-1-8-16(14)19/h3,5,7,11,14,16H,1-2,4,6,8-10,12H2. The van der Waals surface area contributed by atoms with Crippen LogP contribution in [0.15, 0.2) is 28.7 Å². The number of rotatable bonds is 3. The zero-order valence-electron chi connectivity index (χ0n) is 12.3. The molecule has 0 saturated carbocycles. The van der Waals surface area contributed by atoms with E-state index in [2.05, 4.69) is 20.8 Å². The maximum Gasteiger partial charge on any atom is 0.338 e. The molecule has 0 radical (unpaired) electrons. The first-order chi connectivity index (χ1) is 10.2. The van der Waals surface area contributed by atoms with Crippen LogP contribution >= 0.6 is 15.9 Å².